The minimum Gasteiger partial charge on any atom is -0.370 e. The van der Waals surface area contributed by atoms with E-state index in [2.05, 4.69) is 5.32 Å². The topological polar surface area (TPSA) is 136 Å². The number of carbonyl (C=O) groups excluding carboxylic acids is 1. The fourth-order valence-corrected chi connectivity index (χ4v) is 4.44. The average molecular weight is 410 g/mol. The number of nitrogens with one attached hydrogen (secondary N) is 1. The van der Waals surface area contributed by atoms with Crippen LogP contribution in [0.4, 0.5) is 11.4 Å². The number of hydrogen-bond acceptors (Lipinski definition) is 7. The van der Waals surface area contributed by atoms with Gasteiger partial charge in [-0.3, -0.25) is 14.9 Å². The zero-order valence-electron chi connectivity index (χ0n) is 14.2. The molecule has 0 bridgehead atoms. The first kappa shape index (κ1) is 19.3. The number of nitrogens with zero attached hydrogens (tertiary/aromatic N) is 2. The lowest BCUT2D eigenvalue weighted by Crippen LogP contribution is -2.45. The molecule has 2 heterocycles. The summed E-state index contributed by atoms with van der Waals surface area (Å²) in [5, 5.41) is 21.0. The van der Waals surface area contributed by atoms with Crippen molar-refractivity contribution in [1.29, 1.82) is 0 Å². The van der Waals surface area contributed by atoms with Gasteiger partial charge in [0.25, 0.3) is 11.6 Å². The molecule has 1 aliphatic rings. The van der Waals surface area contributed by atoms with Gasteiger partial charge in [0, 0.05) is 31.3 Å². The Balaban J connectivity index is 1.72. The summed E-state index contributed by atoms with van der Waals surface area (Å²) < 4.78 is 23.8. The molecule has 11 heteroatoms. The van der Waals surface area contributed by atoms with Crippen molar-refractivity contribution in [2.75, 3.05) is 18.0 Å². The third-order valence-electron chi connectivity index (χ3n) is 4.38. The molecule has 3 rings (SSSR count). The fraction of sp³-hybridized carbons (Fsp3) is 0.312. The van der Waals surface area contributed by atoms with E-state index >= 15 is 0 Å². The highest BCUT2D eigenvalue weighted by atomic mass is 32.2. The van der Waals surface area contributed by atoms with Crippen molar-refractivity contribution in [3.05, 3.63) is 50.7 Å². The second kappa shape index (κ2) is 7.62. The quantitative estimate of drug-likeness (QED) is 0.569. The molecule has 3 N–H and O–H groups in total. The number of piperidine rings is 1. The van der Waals surface area contributed by atoms with E-state index < -0.39 is 14.9 Å². The van der Waals surface area contributed by atoms with Gasteiger partial charge in [-0.05, 0) is 30.4 Å². The summed E-state index contributed by atoms with van der Waals surface area (Å²) in [4.78, 5) is 24.6. The van der Waals surface area contributed by atoms with Crippen molar-refractivity contribution in [1.82, 2.24) is 5.32 Å². The highest BCUT2D eigenvalue weighted by molar-refractivity contribution is 7.89. The molecule has 1 saturated heterocycles. The molecular formula is C16H18N4O5S2. The molecule has 1 fully saturated rings. The molecule has 1 aromatic carbocycles. The van der Waals surface area contributed by atoms with E-state index in [1.54, 1.807) is 6.07 Å². The summed E-state index contributed by atoms with van der Waals surface area (Å²) in [6, 6.07) is 7.19. The summed E-state index contributed by atoms with van der Waals surface area (Å²) in [5.74, 6) is -0.121. The van der Waals surface area contributed by atoms with Gasteiger partial charge >= 0.3 is 0 Å². The summed E-state index contributed by atoms with van der Waals surface area (Å²) >= 11 is 1.37. The zero-order valence-corrected chi connectivity index (χ0v) is 15.8. The molecule has 2 aromatic rings. The molecule has 1 aromatic heterocycles. The minimum atomic E-state index is -4.12. The third-order valence-corrected chi connectivity index (χ3v) is 6.19. The lowest BCUT2D eigenvalue weighted by atomic mass is 10.0. The number of nitrogens with two attached hydrogens (primary N) is 1. The Morgan fingerprint density at radius 2 is 2.00 bits per heavy atom. The second-order valence-electron chi connectivity index (χ2n) is 6.17. The molecule has 0 unspecified atom stereocenters. The standard InChI is InChI=1S/C16H18N4O5S2/c17-27(24,25)15-10-12(20(22)23)3-4-13(15)19-7-5-11(6-8-19)18-16(21)14-2-1-9-26-14/h1-4,9-11H,5-8H2,(H,18,21)(H2,17,24,25). The Morgan fingerprint density at radius 1 is 1.30 bits per heavy atom. The van der Waals surface area contributed by atoms with E-state index in [1.807, 2.05) is 16.3 Å². The van der Waals surface area contributed by atoms with Gasteiger partial charge in [-0.25, -0.2) is 13.6 Å². The van der Waals surface area contributed by atoms with Gasteiger partial charge in [0.05, 0.1) is 15.5 Å². The van der Waals surface area contributed by atoms with Gasteiger partial charge in [-0.2, -0.15) is 0 Å². The number of amides is 1. The fourth-order valence-electron chi connectivity index (χ4n) is 3.03. The van der Waals surface area contributed by atoms with Crippen LogP contribution >= 0.6 is 11.3 Å². The van der Waals surface area contributed by atoms with Crippen molar-refractivity contribution in [3.63, 3.8) is 0 Å². The van der Waals surface area contributed by atoms with Gasteiger partial charge in [-0.15, -0.1) is 11.3 Å². The normalized spacial score (nSPS) is 15.5. The van der Waals surface area contributed by atoms with E-state index in [0.29, 0.717) is 36.5 Å². The molecule has 1 aliphatic heterocycles. The monoisotopic (exact) mass is 410 g/mol. The lowest BCUT2D eigenvalue weighted by molar-refractivity contribution is -0.385. The number of carbonyl (C=O) groups is 1. The van der Waals surface area contributed by atoms with Gasteiger partial charge in [0.1, 0.15) is 4.90 Å². The molecule has 0 atom stereocenters. The molecule has 9 nitrogen and oxygen atoms in total. The van der Waals surface area contributed by atoms with Crippen LogP contribution in [0.1, 0.15) is 22.5 Å². The van der Waals surface area contributed by atoms with Crippen LogP contribution in [-0.2, 0) is 10.0 Å². The predicted octanol–water partition coefficient (Wildman–Crippen LogP) is 1.70. The number of nitro groups is 1. The van der Waals surface area contributed by atoms with E-state index in [1.165, 1.54) is 23.5 Å². The Kier molecular flexibility index (Phi) is 5.44. The van der Waals surface area contributed by atoms with Crippen molar-refractivity contribution in [2.45, 2.75) is 23.8 Å². The number of benzene rings is 1. The Labute approximate surface area is 160 Å². The maximum absolute atomic E-state index is 12.1. The molecule has 0 spiro atoms. The van der Waals surface area contributed by atoms with Crippen LogP contribution in [0.3, 0.4) is 0 Å². The van der Waals surface area contributed by atoms with Gasteiger partial charge in [0.2, 0.25) is 10.0 Å². The molecular weight excluding hydrogens is 392 g/mol. The van der Waals surface area contributed by atoms with Crippen molar-refractivity contribution < 1.29 is 18.1 Å². The van der Waals surface area contributed by atoms with Crippen LogP contribution in [0.5, 0.6) is 0 Å². The third kappa shape index (κ3) is 4.43. The summed E-state index contributed by atoms with van der Waals surface area (Å²) in [7, 11) is -4.12. The van der Waals surface area contributed by atoms with Crippen LogP contribution in [0.25, 0.3) is 0 Å². The van der Waals surface area contributed by atoms with Crippen LogP contribution < -0.4 is 15.4 Å². The molecule has 0 saturated carbocycles. The summed E-state index contributed by atoms with van der Waals surface area (Å²) in [6.45, 7) is 0.992. The number of thiophene rings is 1. The number of hydrogen-bond donors (Lipinski definition) is 2. The van der Waals surface area contributed by atoms with Crippen LogP contribution in [0.15, 0.2) is 40.6 Å². The predicted molar refractivity (Wildman–Crippen MR) is 101 cm³/mol. The smallest absolute Gasteiger partial charge is 0.270 e. The molecule has 0 aliphatic carbocycles. The Morgan fingerprint density at radius 3 is 2.56 bits per heavy atom. The van der Waals surface area contributed by atoms with Crippen molar-refractivity contribution in [3.8, 4) is 0 Å². The minimum absolute atomic E-state index is 0.0215. The van der Waals surface area contributed by atoms with E-state index in [-0.39, 0.29) is 22.5 Å². The van der Waals surface area contributed by atoms with Gasteiger partial charge < -0.3 is 10.2 Å². The molecule has 0 radical (unpaired) electrons. The number of non-ortho nitro benzene ring substituents is 1. The maximum atomic E-state index is 12.1. The lowest BCUT2D eigenvalue weighted by Gasteiger charge is -2.34. The molecule has 144 valence electrons. The maximum Gasteiger partial charge on any atom is 0.270 e. The number of sulfonamides is 1. The second-order valence-corrected chi connectivity index (χ2v) is 8.64. The Bertz CT molecular complexity index is 951. The average Bonchev–Trinajstić information content (AvgIpc) is 3.16. The van der Waals surface area contributed by atoms with Gasteiger partial charge in [-0.1, -0.05) is 6.07 Å². The largest absolute Gasteiger partial charge is 0.370 e. The van der Waals surface area contributed by atoms with E-state index in [9.17, 15) is 23.3 Å². The van der Waals surface area contributed by atoms with Crippen molar-refractivity contribution in [2.24, 2.45) is 5.14 Å². The van der Waals surface area contributed by atoms with Crippen LogP contribution in [0, 0.1) is 10.1 Å². The Hall–Kier alpha value is -2.50. The highest BCUT2D eigenvalue weighted by Crippen LogP contribution is 2.30. The number of anilines is 1. The van der Waals surface area contributed by atoms with E-state index in [4.69, 9.17) is 5.14 Å². The highest BCUT2D eigenvalue weighted by Gasteiger charge is 2.27. The first-order valence-corrected chi connectivity index (χ1v) is 10.6. The SMILES string of the molecule is NS(=O)(=O)c1cc([N+](=O)[O-])ccc1N1CCC(NC(=O)c2cccs2)CC1. The van der Waals surface area contributed by atoms with Crippen LogP contribution in [0.2, 0.25) is 0 Å². The molecule has 1 amide bonds. The zero-order chi connectivity index (χ0) is 19.6. The molecule has 27 heavy (non-hydrogen) atoms. The van der Waals surface area contributed by atoms with E-state index in [0.717, 1.165) is 6.07 Å². The first-order chi connectivity index (χ1) is 12.8. The summed E-state index contributed by atoms with van der Waals surface area (Å²) in [6.07, 6.45) is 1.25. The van der Waals surface area contributed by atoms with Crippen LogP contribution in [-0.4, -0.2) is 38.4 Å². The first-order valence-electron chi connectivity index (χ1n) is 8.16. The number of rotatable bonds is 5. The summed E-state index contributed by atoms with van der Waals surface area (Å²) in [5.41, 5.74) is 0.00649. The van der Waals surface area contributed by atoms with Gasteiger partial charge in [0.15, 0.2) is 0 Å². The van der Waals surface area contributed by atoms with Crippen molar-refractivity contribution >= 4 is 38.6 Å². The number of primary sulfonamides is 1. The number of nitro benzene ring substituents is 1.